The van der Waals surface area contributed by atoms with Crippen LogP contribution in [-0.2, 0) is 55.6 Å². The zero-order valence-electron chi connectivity index (χ0n) is 39.1. The van der Waals surface area contributed by atoms with Crippen LogP contribution in [0.3, 0.4) is 0 Å². The molecule has 6 rings (SSSR count). The van der Waals surface area contributed by atoms with Gasteiger partial charge in [-0.1, -0.05) is 39.0 Å². The summed E-state index contributed by atoms with van der Waals surface area (Å²) >= 11 is 0. The zero-order valence-corrected chi connectivity index (χ0v) is 39.1. The van der Waals surface area contributed by atoms with Gasteiger partial charge in [-0.2, -0.15) is 0 Å². The van der Waals surface area contributed by atoms with Gasteiger partial charge in [-0.15, -0.1) is 6.58 Å². The molecule has 4 aromatic rings. The van der Waals surface area contributed by atoms with Crippen LogP contribution in [0.1, 0.15) is 67.9 Å². The van der Waals surface area contributed by atoms with Gasteiger partial charge in [0.25, 0.3) is 5.56 Å². The van der Waals surface area contributed by atoms with Crippen molar-refractivity contribution in [3.63, 3.8) is 0 Å². The van der Waals surface area contributed by atoms with Crippen LogP contribution in [0, 0.1) is 5.92 Å². The molecular weight excluding hydrogens is 879 g/mol. The second-order valence-electron chi connectivity index (χ2n) is 17.1. The molecule has 0 radical (unpaired) electrons. The number of nitrogens with zero attached hydrogens (tertiary/aromatic N) is 4. The summed E-state index contributed by atoms with van der Waals surface area (Å²) in [5.74, 6) is -1.36. The van der Waals surface area contributed by atoms with Crippen molar-refractivity contribution < 1.29 is 48.1 Å². The van der Waals surface area contributed by atoms with E-state index in [1.165, 1.54) is 23.9 Å². The number of pyridine rings is 2. The number of likely N-dealkylation sites (N-methyl/N-ethyl adjacent to an activating group) is 3. The van der Waals surface area contributed by atoms with E-state index >= 15 is 0 Å². The van der Waals surface area contributed by atoms with Gasteiger partial charge in [0.2, 0.25) is 11.8 Å². The molecule has 2 aromatic heterocycles. The number of benzene rings is 2. The molecule has 20 heteroatoms. The zero-order chi connectivity index (χ0) is 49.4. The van der Waals surface area contributed by atoms with Gasteiger partial charge >= 0.3 is 24.2 Å². The number of allylic oxidation sites excluding steroid dienone is 1. The molecule has 2 aliphatic heterocycles. The lowest BCUT2D eigenvalue weighted by Gasteiger charge is -2.31. The van der Waals surface area contributed by atoms with Crippen molar-refractivity contribution in [2.45, 2.75) is 83.9 Å². The van der Waals surface area contributed by atoms with Gasteiger partial charge in [0.1, 0.15) is 25.0 Å². The van der Waals surface area contributed by atoms with E-state index in [9.17, 15) is 38.7 Å². The third-order valence-electron chi connectivity index (χ3n) is 12.2. The van der Waals surface area contributed by atoms with E-state index in [-0.39, 0.29) is 86.5 Å². The molecule has 0 bridgehead atoms. The number of rotatable bonds is 19. The molecule has 2 aliphatic rings. The van der Waals surface area contributed by atoms with E-state index in [4.69, 9.17) is 24.9 Å². The Kier molecular flexibility index (Phi) is 15.9. The highest BCUT2D eigenvalue weighted by Gasteiger charge is 2.45. The van der Waals surface area contributed by atoms with Crippen LogP contribution < -0.4 is 37.3 Å². The standard InChI is InChI=1S/C48H59N9O11/c1-8-11-31-32-22-30(17-18-36(32)53-40-33(31)24-57-38(40)23-35-34(43(57)60)26-66-44(61)48(35,65)9-2)68-47(64)56(7)21-20-55(6)46(63)67-25-28-13-15-29(16-14-28)52-41(58)37(12-10-19-51-45(49)62)54-42(59)39(50-5)27(3)4/h8,13-18,22-23,27,37,39,50,65H,1,9-12,19-21,24-26H2,2-7H3,(H,52,58)(H,54,59)(H3,49,51,62)/t37-,39-,48-/m0/s1. The molecule has 0 aliphatic carbocycles. The highest BCUT2D eigenvalue weighted by Crippen LogP contribution is 2.41. The first-order valence-electron chi connectivity index (χ1n) is 22.4. The van der Waals surface area contributed by atoms with Crippen LogP contribution in [0.25, 0.3) is 22.3 Å². The number of ether oxygens (including phenoxy) is 3. The molecule has 0 saturated heterocycles. The smallest absolute Gasteiger partial charge is 0.415 e. The van der Waals surface area contributed by atoms with Gasteiger partial charge in [-0.25, -0.2) is 24.2 Å². The van der Waals surface area contributed by atoms with E-state index in [1.807, 2.05) is 13.8 Å². The van der Waals surface area contributed by atoms with Crippen molar-refractivity contribution in [1.82, 2.24) is 35.3 Å². The Hall–Kier alpha value is -7.32. The van der Waals surface area contributed by atoms with Gasteiger partial charge in [-0.05, 0) is 86.2 Å². The second kappa shape index (κ2) is 21.5. The number of nitrogens with two attached hydrogens (primary N) is 1. The highest BCUT2D eigenvalue weighted by molar-refractivity contribution is 5.98. The molecule has 68 heavy (non-hydrogen) atoms. The van der Waals surface area contributed by atoms with Crippen molar-refractivity contribution in [3.8, 4) is 17.1 Å². The van der Waals surface area contributed by atoms with E-state index in [0.717, 1.165) is 11.1 Å². The number of hydrogen-bond donors (Lipinski definition) is 6. The first-order chi connectivity index (χ1) is 32.4. The average Bonchev–Trinajstić information content (AvgIpc) is 3.68. The summed E-state index contributed by atoms with van der Waals surface area (Å²) in [5, 5.41) is 23.0. The Morgan fingerprint density at radius 3 is 2.37 bits per heavy atom. The molecule has 0 fully saturated rings. The van der Waals surface area contributed by atoms with Crippen molar-refractivity contribution in [2.24, 2.45) is 11.7 Å². The van der Waals surface area contributed by atoms with Crippen LogP contribution in [-0.4, -0.2) is 113 Å². The number of aromatic nitrogens is 2. The number of amides is 6. The van der Waals surface area contributed by atoms with E-state index in [1.54, 1.807) is 73.1 Å². The van der Waals surface area contributed by atoms with Crippen LogP contribution in [0.2, 0.25) is 0 Å². The number of carbonyl (C=O) groups excluding carboxylic acids is 6. The molecular formula is C48H59N9O11. The minimum Gasteiger partial charge on any atom is -0.458 e. The third kappa shape index (κ3) is 10.9. The van der Waals surface area contributed by atoms with Gasteiger partial charge in [-0.3, -0.25) is 14.4 Å². The number of fused-ring (bicyclic) bond motifs is 5. The predicted octanol–water partition coefficient (Wildman–Crippen LogP) is 3.62. The normalized spacial score (nSPS) is 15.5. The van der Waals surface area contributed by atoms with E-state index < -0.39 is 47.8 Å². The number of hydrogen-bond acceptors (Lipinski definition) is 13. The first kappa shape index (κ1) is 50.1. The Bertz CT molecular complexity index is 2670. The van der Waals surface area contributed by atoms with Crippen molar-refractivity contribution in [2.75, 3.05) is 46.1 Å². The van der Waals surface area contributed by atoms with E-state index in [2.05, 4.69) is 27.8 Å². The molecule has 3 atom stereocenters. The maximum atomic E-state index is 13.7. The summed E-state index contributed by atoms with van der Waals surface area (Å²) in [6.07, 6.45) is 1.49. The summed E-state index contributed by atoms with van der Waals surface area (Å²) in [6.45, 7) is 9.69. The summed E-state index contributed by atoms with van der Waals surface area (Å²) in [4.78, 5) is 97.4. The topological polar surface area (TPSA) is 266 Å². The Balaban J connectivity index is 1.02. The molecule has 362 valence electrons. The number of anilines is 1. The van der Waals surface area contributed by atoms with Gasteiger partial charge in [0.05, 0.1) is 35.1 Å². The lowest BCUT2D eigenvalue weighted by molar-refractivity contribution is -0.172. The number of cyclic esters (lactones) is 1. The predicted molar refractivity (Wildman–Crippen MR) is 251 cm³/mol. The summed E-state index contributed by atoms with van der Waals surface area (Å²) in [6, 6.07) is 11.2. The monoisotopic (exact) mass is 937 g/mol. The fraction of sp³-hybridized carbons (Fsp3) is 0.417. The molecule has 0 saturated carbocycles. The van der Waals surface area contributed by atoms with Crippen LogP contribution in [0.15, 0.2) is 66.0 Å². The summed E-state index contributed by atoms with van der Waals surface area (Å²) in [5.41, 5.74) is 7.55. The highest BCUT2D eigenvalue weighted by atomic mass is 16.6. The molecule has 7 N–H and O–H groups in total. The SMILES string of the molecule is C=CCc1c2c(nc3ccc(OC(=O)N(C)CCN(C)C(=O)OCc4ccc(NC(=O)[C@H](CCCNC(N)=O)NC(=O)[C@@H](NC)C(C)C)cc4)cc13)-c1cc3c(c(=O)n1C2)COC(=O)[C@]3(O)CC. The summed E-state index contributed by atoms with van der Waals surface area (Å²) in [7, 11) is 4.74. The molecule has 0 unspecified atom stereocenters. The summed E-state index contributed by atoms with van der Waals surface area (Å²) < 4.78 is 18.0. The fourth-order valence-corrected chi connectivity index (χ4v) is 8.23. The number of nitrogens with one attached hydrogen (secondary N) is 4. The number of esters is 1. The lowest BCUT2D eigenvalue weighted by atomic mass is 9.86. The largest absolute Gasteiger partial charge is 0.458 e. The number of primary amides is 1. The Labute approximate surface area is 393 Å². The Morgan fingerprint density at radius 2 is 1.72 bits per heavy atom. The minimum atomic E-state index is -1.95. The number of carbonyl (C=O) groups is 6. The second-order valence-corrected chi connectivity index (χ2v) is 17.1. The number of aliphatic hydroxyl groups is 1. The number of urea groups is 1. The molecule has 4 heterocycles. The minimum absolute atomic E-state index is 0.0248. The quantitative estimate of drug-likeness (QED) is 0.0393. The van der Waals surface area contributed by atoms with Crippen molar-refractivity contribution in [3.05, 3.63) is 99.4 Å². The van der Waals surface area contributed by atoms with Crippen LogP contribution in [0.5, 0.6) is 5.75 Å². The van der Waals surface area contributed by atoms with Crippen LogP contribution in [0.4, 0.5) is 20.1 Å². The van der Waals surface area contributed by atoms with Gasteiger partial charge in [0, 0.05) is 55.9 Å². The van der Waals surface area contributed by atoms with Crippen molar-refractivity contribution >= 4 is 52.6 Å². The maximum Gasteiger partial charge on any atom is 0.415 e. The lowest BCUT2D eigenvalue weighted by Crippen LogP contribution is -2.52. The maximum absolute atomic E-state index is 13.7. The van der Waals surface area contributed by atoms with E-state index in [0.29, 0.717) is 46.4 Å². The molecule has 2 aromatic carbocycles. The van der Waals surface area contributed by atoms with Crippen LogP contribution >= 0.6 is 0 Å². The molecule has 0 spiro atoms. The fourth-order valence-electron chi connectivity index (χ4n) is 8.23. The van der Waals surface area contributed by atoms with Gasteiger partial charge in [0.15, 0.2) is 5.60 Å². The Morgan fingerprint density at radius 1 is 1.01 bits per heavy atom. The third-order valence-corrected chi connectivity index (χ3v) is 12.2. The molecule has 6 amide bonds. The average molecular weight is 938 g/mol. The van der Waals surface area contributed by atoms with Crippen molar-refractivity contribution in [1.29, 1.82) is 0 Å². The first-order valence-corrected chi connectivity index (χ1v) is 22.4. The molecule has 20 nitrogen and oxygen atoms in total. The van der Waals surface area contributed by atoms with Gasteiger partial charge < -0.3 is 60.7 Å².